The molecule has 6 rings (SSSR count). The first-order valence-corrected chi connectivity index (χ1v) is 14.1. The number of piperazine rings is 1. The molecule has 0 spiro atoms. The minimum atomic E-state index is -0.858. The van der Waals surface area contributed by atoms with Gasteiger partial charge in [-0.25, -0.2) is 23.4 Å². The van der Waals surface area contributed by atoms with Gasteiger partial charge in [0.05, 0.1) is 18.7 Å². The highest BCUT2D eigenvalue weighted by atomic mass is 35.5. The molecule has 9 nitrogen and oxygen atoms in total. The van der Waals surface area contributed by atoms with E-state index in [4.69, 9.17) is 21.3 Å². The van der Waals surface area contributed by atoms with Crippen molar-refractivity contribution in [2.24, 2.45) is 4.99 Å². The summed E-state index contributed by atoms with van der Waals surface area (Å²) in [5.74, 6) is -1.04. The number of rotatable bonds is 6. The number of ether oxygens (including phenoxy) is 1. The van der Waals surface area contributed by atoms with Crippen LogP contribution < -0.4 is 10.2 Å². The van der Waals surface area contributed by atoms with Crippen LogP contribution in [0.5, 0.6) is 0 Å². The third-order valence-electron chi connectivity index (χ3n) is 7.36. The standard InChI is InChI=1S/C28H25ClF2N6O3S/c1-40-27(38)23-22(33-25(26-32-7-10-41-26)34-24(23)20-6-5-17(31)12-21(20)29)15-35-8-9-36-19(13-35)14-37(28(36)39)18-4-2-3-16(30)11-18/h2-7,10-12,19,24H,8-9,13-15H2,1H3,(H,33,34)/t19-,24-/m0/s1. The molecule has 2 saturated heterocycles. The Morgan fingerprint density at radius 2 is 2.00 bits per heavy atom. The van der Waals surface area contributed by atoms with Gasteiger partial charge in [-0.1, -0.05) is 23.7 Å². The molecule has 212 valence electrons. The lowest BCUT2D eigenvalue weighted by Gasteiger charge is -2.38. The first-order chi connectivity index (χ1) is 19.8. The van der Waals surface area contributed by atoms with Crippen LogP contribution >= 0.6 is 22.9 Å². The largest absolute Gasteiger partial charge is 0.466 e. The molecule has 0 radical (unpaired) electrons. The van der Waals surface area contributed by atoms with E-state index in [1.54, 1.807) is 28.1 Å². The van der Waals surface area contributed by atoms with E-state index in [-0.39, 0.29) is 22.7 Å². The van der Waals surface area contributed by atoms with E-state index in [0.717, 1.165) is 0 Å². The summed E-state index contributed by atoms with van der Waals surface area (Å²) in [6, 6.07) is 8.84. The molecule has 41 heavy (non-hydrogen) atoms. The fourth-order valence-corrected chi connectivity index (χ4v) is 6.33. The Bertz CT molecular complexity index is 1570. The maximum atomic E-state index is 13.9. The van der Waals surface area contributed by atoms with Crippen LogP contribution in [0.25, 0.3) is 0 Å². The third kappa shape index (κ3) is 5.30. The predicted octanol–water partition coefficient (Wildman–Crippen LogP) is 4.22. The smallest absolute Gasteiger partial charge is 0.338 e. The average molecular weight is 599 g/mol. The van der Waals surface area contributed by atoms with Crippen molar-refractivity contribution in [3.05, 3.63) is 92.5 Å². The van der Waals surface area contributed by atoms with E-state index >= 15 is 0 Å². The Kier molecular flexibility index (Phi) is 7.45. The van der Waals surface area contributed by atoms with Crippen LogP contribution in [0.15, 0.2) is 70.3 Å². The number of esters is 1. The summed E-state index contributed by atoms with van der Waals surface area (Å²) >= 11 is 7.83. The molecule has 2 amide bonds. The van der Waals surface area contributed by atoms with Crippen LogP contribution in [0.2, 0.25) is 5.02 Å². The molecule has 3 aliphatic rings. The second kappa shape index (κ2) is 11.2. The van der Waals surface area contributed by atoms with E-state index in [2.05, 4.69) is 15.2 Å². The van der Waals surface area contributed by atoms with E-state index < -0.39 is 23.6 Å². The Hall–Kier alpha value is -3.87. The van der Waals surface area contributed by atoms with Crippen molar-refractivity contribution in [1.82, 2.24) is 20.1 Å². The van der Waals surface area contributed by atoms with Crippen LogP contribution in [0, 0.1) is 11.6 Å². The zero-order valence-corrected chi connectivity index (χ0v) is 23.5. The summed E-state index contributed by atoms with van der Waals surface area (Å²) in [7, 11) is 1.29. The Balaban J connectivity index is 1.31. The number of hydrogen-bond donors (Lipinski definition) is 1. The summed E-state index contributed by atoms with van der Waals surface area (Å²) in [4.78, 5) is 41.0. The molecule has 2 fully saturated rings. The average Bonchev–Trinajstić information content (AvgIpc) is 3.61. The van der Waals surface area contributed by atoms with Gasteiger partial charge in [0.25, 0.3) is 0 Å². The van der Waals surface area contributed by atoms with Gasteiger partial charge in [-0.3, -0.25) is 14.8 Å². The molecule has 0 aliphatic carbocycles. The second-order valence-electron chi connectivity index (χ2n) is 9.85. The Labute approximate surface area is 243 Å². The second-order valence-corrected chi connectivity index (χ2v) is 11.1. The van der Waals surface area contributed by atoms with Crippen molar-refractivity contribution in [2.45, 2.75) is 12.1 Å². The van der Waals surface area contributed by atoms with Gasteiger partial charge in [-0.2, -0.15) is 0 Å². The number of aliphatic imine (C=N–C) groups is 1. The maximum absolute atomic E-state index is 13.9. The fourth-order valence-electron chi connectivity index (χ4n) is 5.47. The van der Waals surface area contributed by atoms with Crippen LogP contribution in [0.3, 0.4) is 0 Å². The molecular formula is C28H25ClF2N6O3S. The molecule has 1 aromatic heterocycles. The Morgan fingerprint density at radius 1 is 1.17 bits per heavy atom. The number of methoxy groups -OCH3 is 1. The van der Waals surface area contributed by atoms with Gasteiger partial charge in [0.15, 0.2) is 10.8 Å². The molecule has 0 bridgehead atoms. The van der Waals surface area contributed by atoms with Crippen molar-refractivity contribution in [3.8, 4) is 0 Å². The fraction of sp³-hybridized carbons (Fsp3) is 0.286. The quantitative estimate of drug-likeness (QED) is 0.428. The minimum Gasteiger partial charge on any atom is -0.466 e. The van der Waals surface area contributed by atoms with E-state index in [1.807, 2.05) is 5.38 Å². The molecule has 0 saturated carbocycles. The number of thiazole rings is 1. The number of hydrogen-bond acceptors (Lipinski definition) is 8. The summed E-state index contributed by atoms with van der Waals surface area (Å²) in [6.07, 6.45) is 1.66. The number of carbonyl (C=O) groups is 2. The summed E-state index contributed by atoms with van der Waals surface area (Å²) in [5, 5.41) is 5.86. The highest BCUT2D eigenvalue weighted by Gasteiger charge is 2.42. The lowest BCUT2D eigenvalue weighted by Crippen LogP contribution is -2.53. The van der Waals surface area contributed by atoms with Crippen LogP contribution in [0.4, 0.5) is 19.3 Å². The van der Waals surface area contributed by atoms with Crippen molar-refractivity contribution in [1.29, 1.82) is 0 Å². The van der Waals surface area contributed by atoms with Crippen molar-refractivity contribution in [3.63, 3.8) is 0 Å². The number of fused-ring (bicyclic) bond motifs is 1. The number of amidine groups is 1. The summed E-state index contributed by atoms with van der Waals surface area (Å²) in [6.45, 7) is 2.28. The number of carbonyl (C=O) groups excluding carboxylic acids is 2. The predicted molar refractivity (Wildman–Crippen MR) is 151 cm³/mol. The molecule has 4 heterocycles. The van der Waals surface area contributed by atoms with Gasteiger partial charge in [-0.05, 0) is 30.3 Å². The highest BCUT2D eigenvalue weighted by molar-refractivity contribution is 7.11. The molecular weight excluding hydrogens is 574 g/mol. The topological polar surface area (TPSA) is 90.4 Å². The first kappa shape index (κ1) is 27.3. The molecule has 3 aliphatic heterocycles. The lowest BCUT2D eigenvalue weighted by molar-refractivity contribution is -0.136. The van der Waals surface area contributed by atoms with E-state index in [9.17, 15) is 18.4 Å². The number of anilines is 1. The number of nitrogens with one attached hydrogen (secondary N) is 1. The number of benzene rings is 2. The van der Waals surface area contributed by atoms with Crippen molar-refractivity contribution < 1.29 is 23.1 Å². The molecule has 3 aromatic rings. The summed E-state index contributed by atoms with van der Waals surface area (Å²) in [5.41, 5.74) is 1.79. The number of amides is 2. The normalized spacial score (nSPS) is 21.1. The number of urea groups is 1. The molecule has 2 atom stereocenters. The number of nitrogens with zero attached hydrogens (tertiary/aromatic N) is 5. The molecule has 0 unspecified atom stereocenters. The van der Waals surface area contributed by atoms with Gasteiger partial charge in [0.1, 0.15) is 17.7 Å². The SMILES string of the molecule is COC(=O)C1=C(CN2CCN3C(=O)N(c4cccc(F)c4)C[C@@H]3C2)NC(c2nccs2)=N[C@H]1c1ccc(F)cc1Cl. The zero-order chi connectivity index (χ0) is 28.7. The zero-order valence-electron chi connectivity index (χ0n) is 21.9. The van der Waals surface area contributed by atoms with E-state index in [1.165, 1.54) is 48.8 Å². The minimum absolute atomic E-state index is 0.125. The molecule has 2 aromatic carbocycles. The van der Waals surface area contributed by atoms with Crippen LogP contribution in [-0.4, -0.2) is 78.5 Å². The Morgan fingerprint density at radius 3 is 2.73 bits per heavy atom. The van der Waals surface area contributed by atoms with Gasteiger partial charge >= 0.3 is 12.0 Å². The third-order valence-corrected chi connectivity index (χ3v) is 8.47. The lowest BCUT2D eigenvalue weighted by atomic mass is 9.95. The first-order valence-electron chi connectivity index (χ1n) is 12.9. The van der Waals surface area contributed by atoms with Gasteiger partial charge in [0.2, 0.25) is 0 Å². The van der Waals surface area contributed by atoms with Crippen molar-refractivity contribution >= 4 is 46.5 Å². The van der Waals surface area contributed by atoms with Crippen molar-refractivity contribution in [2.75, 3.05) is 44.7 Å². The van der Waals surface area contributed by atoms with E-state index in [0.29, 0.717) is 60.5 Å². The van der Waals surface area contributed by atoms with Crippen LogP contribution in [-0.2, 0) is 9.53 Å². The highest BCUT2D eigenvalue weighted by Crippen LogP contribution is 2.37. The maximum Gasteiger partial charge on any atom is 0.338 e. The van der Waals surface area contributed by atoms with Gasteiger partial charge in [0, 0.05) is 66.3 Å². The van der Waals surface area contributed by atoms with Crippen LogP contribution in [0.1, 0.15) is 16.6 Å². The number of aromatic nitrogens is 1. The monoisotopic (exact) mass is 598 g/mol. The summed E-state index contributed by atoms with van der Waals surface area (Å²) < 4.78 is 32.9. The number of halogens is 3. The molecule has 1 N–H and O–H groups in total. The molecule has 13 heteroatoms. The van der Waals surface area contributed by atoms with Gasteiger partial charge in [-0.15, -0.1) is 11.3 Å². The van der Waals surface area contributed by atoms with Gasteiger partial charge < -0.3 is 15.0 Å².